The number of likely N-dealkylation sites (tertiary alicyclic amines) is 1. The van der Waals surface area contributed by atoms with Gasteiger partial charge in [-0.2, -0.15) is 0 Å². The van der Waals surface area contributed by atoms with Crippen molar-refractivity contribution in [3.63, 3.8) is 0 Å². The summed E-state index contributed by atoms with van der Waals surface area (Å²) in [7, 11) is 0. The molecule has 6 nitrogen and oxygen atoms in total. The van der Waals surface area contributed by atoms with E-state index in [1.807, 2.05) is 42.2 Å². The molecule has 0 aliphatic carbocycles. The van der Waals surface area contributed by atoms with Crippen LogP contribution in [0.15, 0.2) is 65.6 Å². The Balaban J connectivity index is 1.33. The predicted octanol–water partition coefficient (Wildman–Crippen LogP) is 4.67. The van der Waals surface area contributed by atoms with E-state index in [0.717, 1.165) is 24.8 Å². The first-order valence-electron chi connectivity index (χ1n) is 11.7. The Bertz CT molecular complexity index is 1370. The molecule has 0 spiro atoms. The van der Waals surface area contributed by atoms with Crippen LogP contribution in [0.5, 0.6) is 0 Å². The SMILES string of the molecule is Cc1nc2c(C(=O)N3CCC(Cc4ccccc4)CC3)c[nH]n2c(=O)c1Cc1ccc(Cl)cc1. The number of benzene rings is 2. The lowest BCUT2D eigenvalue weighted by atomic mass is 9.90. The molecule has 1 aliphatic rings. The van der Waals surface area contributed by atoms with Gasteiger partial charge in [-0.25, -0.2) is 9.50 Å². The summed E-state index contributed by atoms with van der Waals surface area (Å²) < 4.78 is 1.38. The third-order valence-electron chi connectivity index (χ3n) is 6.76. The van der Waals surface area contributed by atoms with E-state index in [2.05, 4.69) is 34.3 Å². The number of H-pyrrole nitrogens is 1. The second kappa shape index (κ2) is 9.47. The molecule has 1 aliphatic heterocycles. The van der Waals surface area contributed by atoms with Crippen LogP contribution in [0, 0.1) is 12.8 Å². The molecule has 1 amide bonds. The third kappa shape index (κ3) is 4.50. The second-order valence-electron chi connectivity index (χ2n) is 9.06. The van der Waals surface area contributed by atoms with Gasteiger partial charge in [-0.1, -0.05) is 54.1 Å². The fourth-order valence-electron chi connectivity index (χ4n) is 4.78. The van der Waals surface area contributed by atoms with Crippen LogP contribution in [0.3, 0.4) is 0 Å². The zero-order valence-corrected chi connectivity index (χ0v) is 19.9. The lowest BCUT2D eigenvalue weighted by molar-refractivity contribution is 0.0692. The molecule has 2 aromatic heterocycles. The molecule has 0 bridgehead atoms. The van der Waals surface area contributed by atoms with Crippen molar-refractivity contribution in [1.29, 1.82) is 0 Å². The summed E-state index contributed by atoms with van der Waals surface area (Å²) in [5, 5.41) is 3.61. The fraction of sp³-hybridized carbons (Fsp3) is 0.296. The average Bonchev–Trinajstić information content (AvgIpc) is 3.27. The van der Waals surface area contributed by atoms with Gasteiger partial charge >= 0.3 is 0 Å². The number of nitrogens with zero attached hydrogens (tertiary/aromatic N) is 3. The Morgan fingerprint density at radius 2 is 1.76 bits per heavy atom. The maximum absolute atomic E-state index is 13.3. The van der Waals surface area contributed by atoms with Crippen LogP contribution in [0.1, 0.15) is 45.6 Å². The van der Waals surface area contributed by atoms with Crippen molar-refractivity contribution in [3.8, 4) is 0 Å². The summed E-state index contributed by atoms with van der Waals surface area (Å²) in [5.74, 6) is 0.501. The zero-order valence-electron chi connectivity index (χ0n) is 19.1. The molecule has 2 aromatic carbocycles. The standard InChI is InChI=1S/C27H27ClN4O2/c1-18-23(16-20-7-9-22(28)10-8-20)27(34)32-25(30-18)24(17-29-32)26(33)31-13-11-21(12-14-31)15-19-5-3-2-4-6-19/h2-10,17,21,29H,11-16H2,1H3. The molecule has 1 N–H and O–H groups in total. The number of aryl methyl sites for hydroxylation is 1. The highest BCUT2D eigenvalue weighted by atomic mass is 35.5. The number of carbonyl (C=O) groups excluding carboxylic acids is 1. The lowest BCUT2D eigenvalue weighted by Gasteiger charge is -2.32. The van der Waals surface area contributed by atoms with Gasteiger partial charge in [0.2, 0.25) is 0 Å². The van der Waals surface area contributed by atoms with Crippen molar-refractivity contribution in [1.82, 2.24) is 19.5 Å². The van der Waals surface area contributed by atoms with Crippen LogP contribution >= 0.6 is 11.6 Å². The summed E-state index contributed by atoms with van der Waals surface area (Å²) in [6, 6.07) is 17.9. The quantitative estimate of drug-likeness (QED) is 0.457. The van der Waals surface area contributed by atoms with E-state index in [4.69, 9.17) is 11.6 Å². The van der Waals surface area contributed by atoms with Crippen molar-refractivity contribution >= 4 is 23.2 Å². The van der Waals surface area contributed by atoms with Crippen LogP contribution in [0.25, 0.3) is 5.65 Å². The average molecular weight is 475 g/mol. The molecular formula is C27H27ClN4O2. The summed E-state index contributed by atoms with van der Waals surface area (Å²) in [5.41, 5.74) is 4.21. The minimum absolute atomic E-state index is 0.0753. The number of aromatic amines is 1. The smallest absolute Gasteiger partial charge is 0.276 e. The molecule has 0 atom stereocenters. The molecule has 3 heterocycles. The summed E-state index contributed by atoms with van der Waals surface area (Å²) in [4.78, 5) is 33.0. The molecule has 0 unspecified atom stereocenters. The molecule has 5 rings (SSSR count). The van der Waals surface area contributed by atoms with Crippen LogP contribution < -0.4 is 5.56 Å². The normalized spacial score (nSPS) is 14.6. The minimum atomic E-state index is -0.182. The minimum Gasteiger partial charge on any atom is -0.338 e. The van der Waals surface area contributed by atoms with E-state index < -0.39 is 0 Å². The Morgan fingerprint density at radius 3 is 2.47 bits per heavy atom. The van der Waals surface area contributed by atoms with Gasteiger partial charge in [-0.3, -0.25) is 14.7 Å². The molecule has 0 radical (unpaired) electrons. The van der Waals surface area contributed by atoms with Gasteiger partial charge in [0.05, 0.1) is 0 Å². The van der Waals surface area contributed by atoms with E-state index in [0.29, 0.717) is 52.9 Å². The van der Waals surface area contributed by atoms with Gasteiger partial charge in [0.25, 0.3) is 11.5 Å². The van der Waals surface area contributed by atoms with E-state index in [9.17, 15) is 9.59 Å². The molecule has 7 heteroatoms. The number of amides is 1. The van der Waals surface area contributed by atoms with Crippen molar-refractivity contribution in [2.45, 2.75) is 32.6 Å². The number of halogens is 1. The third-order valence-corrected chi connectivity index (χ3v) is 7.01. The molecule has 34 heavy (non-hydrogen) atoms. The molecule has 1 fully saturated rings. The summed E-state index contributed by atoms with van der Waals surface area (Å²) in [6.45, 7) is 3.25. The number of carbonyl (C=O) groups is 1. The van der Waals surface area contributed by atoms with Gasteiger partial charge in [-0.15, -0.1) is 0 Å². The molecule has 1 saturated heterocycles. The Morgan fingerprint density at radius 1 is 1.06 bits per heavy atom. The van der Waals surface area contributed by atoms with Crippen LogP contribution in [-0.2, 0) is 12.8 Å². The van der Waals surface area contributed by atoms with Gasteiger partial charge in [0.1, 0.15) is 5.56 Å². The van der Waals surface area contributed by atoms with Crippen molar-refractivity contribution in [2.75, 3.05) is 13.1 Å². The van der Waals surface area contributed by atoms with Crippen LogP contribution in [-0.4, -0.2) is 38.5 Å². The Kier molecular flexibility index (Phi) is 6.24. The first-order chi connectivity index (χ1) is 16.5. The first kappa shape index (κ1) is 22.4. The predicted molar refractivity (Wildman–Crippen MR) is 134 cm³/mol. The maximum atomic E-state index is 13.3. The number of aromatic nitrogens is 3. The molecule has 174 valence electrons. The zero-order chi connectivity index (χ0) is 23.7. The van der Waals surface area contributed by atoms with Crippen LogP contribution in [0.2, 0.25) is 5.02 Å². The molecule has 4 aromatic rings. The molecular weight excluding hydrogens is 448 g/mol. The number of rotatable bonds is 5. The number of piperidine rings is 1. The van der Waals surface area contributed by atoms with Gasteiger partial charge in [0, 0.05) is 42.0 Å². The number of hydrogen-bond donors (Lipinski definition) is 1. The Hall–Kier alpha value is -3.38. The van der Waals surface area contributed by atoms with Gasteiger partial charge < -0.3 is 4.90 Å². The van der Waals surface area contributed by atoms with Crippen molar-refractivity contribution in [3.05, 3.63) is 104 Å². The Labute approximate surface area is 203 Å². The second-order valence-corrected chi connectivity index (χ2v) is 9.49. The monoisotopic (exact) mass is 474 g/mol. The van der Waals surface area contributed by atoms with E-state index >= 15 is 0 Å². The molecule has 0 saturated carbocycles. The van der Waals surface area contributed by atoms with Gasteiger partial charge in [-0.05, 0) is 55.4 Å². The topological polar surface area (TPSA) is 70.5 Å². The summed E-state index contributed by atoms with van der Waals surface area (Å²) >= 11 is 5.98. The largest absolute Gasteiger partial charge is 0.338 e. The maximum Gasteiger partial charge on any atom is 0.276 e. The van der Waals surface area contributed by atoms with E-state index in [-0.39, 0.29) is 11.5 Å². The highest BCUT2D eigenvalue weighted by Crippen LogP contribution is 2.24. The lowest BCUT2D eigenvalue weighted by Crippen LogP contribution is -2.39. The van der Waals surface area contributed by atoms with Crippen molar-refractivity contribution < 1.29 is 4.79 Å². The van der Waals surface area contributed by atoms with Gasteiger partial charge in [0.15, 0.2) is 5.65 Å². The number of nitrogens with one attached hydrogen (secondary N) is 1. The van der Waals surface area contributed by atoms with Crippen LogP contribution in [0.4, 0.5) is 0 Å². The fourth-order valence-corrected chi connectivity index (χ4v) is 4.91. The number of fused-ring (bicyclic) bond motifs is 1. The highest BCUT2D eigenvalue weighted by molar-refractivity contribution is 6.30. The highest BCUT2D eigenvalue weighted by Gasteiger charge is 2.27. The van der Waals surface area contributed by atoms with E-state index in [1.54, 1.807) is 6.20 Å². The number of hydrogen-bond acceptors (Lipinski definition) is 3. The first-order valence-corrected chi connectivity index (χ1v) is 12.0. The van der Waals surface area contributed by atoms with E-state index in [1.165, 1.54) is 10.1 Å². The summed E-state index contributed by atoms with van der Waals surface area (Å²) in [6.07, 6.45) is 5.05. The van der Waals surface area contributed by atoms with Crippen molar-refractivity contribution in [2.24, 2.45) is 5.92 Å².